The van der Waals surface area contributed by atoms with Gasteiger partial charge in [0.15, 0.2) is 11.5 Å². The molecule has 0 aliphatic rings. The molecule has 2 rings (SSSR count). The minimum atomic E-state index is -0.807. The number of methoxy groups -OCH3 is 2. The molecule has 1 atom stereocenters. The summed E-state index contributed by atoms with van der Waals surface area (Å²) in [5.74, 6) is 2.11. The van der Waals surface area contributed by atoms with E-state index in [0.717, 1.165) is 24.4 Å². The van der Waals surface area contributed by atoms with Crippen molar-refractivity contribution < 1.29 is 14.6 Å². The first-order valence-corrected chi connectivity index (χ1v) is 7.03. The molecule has 0 bridgehead atoms. The average Bonchev–Trinajstić information content (AvgIpc) is 2.87. The Hall–Kier alpha value is -2.01. The van der Waals surface area contributed by atoms with Crippen molar-refractivity contribution in [1.82, 2.24) is 9.55 Å². The van der Waals surface area contributed by atoms with Crippen molar-refractivity contribution in [2.45, 2.75) is 25.9 Å². The molecule has 0 unspecified atom stereocenters. The fourth-order valence-corrected chi connectivity index (χ4v) is 2.46. The third-order valence-electron chi connectivity index (χ3n) is 3.60. The van der Waals surface area contributed by atoms with Crippen LogP contribution in [0.25, 0.3) is 0 Å². The van der Waals surface area contributed by atoms with Crippen LogP contribution in [0.4, 0.5) is 0 Å². The van der Waals surface area contributed by atoms with Crippen molar-refractivity contribution in [3.05, 3.63) is 41.5 Å². The second-order valence-corrected chi connectivity index (χ2v) is 4.89. The SMILES string of the molecule is CCCc1ncc([C@@H](O)c2cccc(OC)c2OC)n1C. The third-order valence-corrected chi connectivity index (χ3v) is 3.60. The van der Waals surface area contributed by atoms with Crippen LogP contribution in [-0.2, 0) is 13.5 Å². The van der Waals surface area contributed by atoms with E-state index in [1.54, 1.807) is 26.5 Å². The molecule has 2 aromatic rings. The monoisotopic (exact) mass is 290 g/mol. The van der Waals surface area contributed by atoms with Crippen molar-refractivity contribution in [3.63, 3.8) is 0 Å². The summed E-state index contributed by atoms with van der Waals surface area (Å²) in [6, 6.07) is 5.47. The van der Waals surface area contributed by atoms with Crippen molar-refractivity contribution in [1.29, 1.82) is 0 Å². The van der Waals surface area contributed by atoms with Crippen molar-refractivity contribution >= 4 is 0 Å². The lowest BCUT2D eigenvalue weighted by atomic mass is 10.1. The van der Waals surface area contributed by atoms with E-state index in [2.05, 4.69) is 11.9 Å². The van der Waals surface area contributed by atoms with Gasteiger partial charge in [0.05, 0.1) is 26.1 Å². The standard InChI is InChI=1S/C16H22N2O3/c1-5-7-14-17-10-12(18(14)2)15(19)11-8-6-9-13(20-3)16(11)21-4/h6,8-10,15,19H,5,7H2,1-4H3/t15-/m0/s1. The summed E-state index contributed by atoms with van der Waals surface area (Å²) in [4.78, 5) is 4.38. The molecule has 1 N–H and O–H groups in total. The number of benzene rings is 1. The third kappa shape index (κ3) is 2.88. The number of ether oxygens (including phenoxy) is 2. The number of aliphatic hydroxyl groups excluding tert-OH is 1. The van der Waals surface area contributed by atoms with Crippen LogP contribution in [0.2, 0.25) is 0 Å². The molecule has 0 aliphatic carbocycles. The fraction of sp³-hybridized carbons (Fsp3) is 0.438. The van der Waals surface area contributed by atoms with E-state index in [4.69, 9.17) is 9.47 Å². The minimum Gasteiger partial charge on any atom is -0.493 e. The van der Waals surface area contributed by atoms with E-state index < -0.39 is 6.10 Å². The van der Waals surface area contributed by atoms with E-state index in [1.807, 2.05) is 23.7 Å². The molecule has 21 heavy (non-hydrogen) atoms. The van der Waals surface area contributed by atoms with E-state index in [1.165, 1.54) is 0 Å². The van der Waals surface area contributed by atoms with Crippen LogP contribution < -0.4 is 9.47 Å². The van der Waals surface area contributed by atoms with Gasteiger partial charge >= 0.3 is 0 Å². The number of aryl methyl sites for hydroxylation is 1. The Morgan fingerprint density at radius 3 is 2.67 bits per heavy atom. The summed E-state index contributed by atoms with van der Waals surface area (Å²) in [6.07, 6.45) is 2.81. The zero-order valence-corrected chi connectivity index (χ0v) is 13.0. The summed E-state index contributed by atoms with van der Waals surface area (Å²) >= 11 is 0. The van der Waals surface area contributed by atoms with Crippen LogP contribution in [-0.4, -0.2) is 28.9 Å². The first-order valence-electron chi connectivity index (χ1n) is 7.03. The number of rotatable bonds is 6. The van der Waals surface area contributed by atoms with Gasteiger partial charge in [-0.05, 0) is 12.5 Å². The van der Waals surface area contributed by atoms with E-state index in [9.17, 15) is 5.11 Å². The van der Waals surface area contributed by atoms with Gasteiger partial charge in [-0.25, -0.2) is 4.98 Å². The number of nitrogens with zero attached hydrogens (tertiary/aromatic N) is 2. The van der Waals surface area contributed by atoms with Gasteiger partial charge in [-0.2, -0.15) is 0 Å². The summed E-state index contributed by atoms with van der Waals surface area (Å²) in [5.41, 5.74) is 1.41. The second-order valence-electron chi connectivity index (χ2n) is 4.89. The average molecular weight is 290 g/mol. The molecule has 5 heteroatoms. The maximum Gasteiger partial charge on any atom is 0.166 e. The highest BCUT2D eigenvalue weighted by Crippen LogP contribution is 2.37. The molecule has 0 amide bonds. The lowest BCUT2D eigenvalue weighted by Gasteiger charge is -2.17. The first kappa shape index (κ1) is 15.4. The zero-order valence-electron chi connectivity index (χ0n) is 13.0. The lowest BCUT2D eigenvalue weighted by molar-refractivity contribution is 0.204. The Morgan fingerprint density at radius 2 is 2.05 bits per heavy atom. The molecule has 0 saturated heterocycles. The van der Waals surface area contributed by atoms with Crippen LogP contribution in [0.15, 0.2) is 24.4 Å². The molecule has 0 fully saturated rings. The molecule has 5 nitrogen and oxygen atoms in total. The molecule has 1 heterocycles. The summed E-state index contributed by atoms with van der Waals surface area (Å²) in [7, 11) is 5.07. The Morgan fingerprint density at radius 1 is 1.29 bits per heavy atom. The number of para-hydroxylation sites is 1. The largest absolute Gasteiger partial charge is 0.493 e. The van der Waals surface area contributed by atoms with Gasteiger partial charge in [-0.3, -0.25) is 0 Å². The number of hydrogen-bond acceptors (Lipinski definition) is 4. The summed E-state index contributed by atoms with van der Waals surface area (Å²) < 4.78 is 12.6. The van der Waals surface area contributed by atoms with Crippen molar-refractivity contribution in [2.75, 3.05) is 14.2 Å². The zero-order chi connectivity index (χ0) is 15.4. The van der Waals surface area contributed by atoms with Gasteiger partial charge in [0.2, 0.25) is 0 Å². The van der Waals surface area contributed by atoms with E-state index in [-0.39, 0.29) is 0 Å². The Bertz CT molecular complexity index is 608. The van der Waals surface area contributed by atoms with Gasteiger partial charge in [0, 0.05) is 19.0 Å². The van der Waals surface area contributed by atoms with Gasteiger partial charge in [0.25, 0.3) is 0 Å². The predicted molar refractivity (Wildman–Crippen MR) is 80.8 cm³/mol. The molecule has 0 radical (unpaired) electrons. The predicted octanol–water partition coefficient (Wildman–Crippen LogP) is 2.47. The lowest BCUT2D eigenvalue weighted by Crippen LogP contribution is -2.09. The maximum atomic E-state index is 10.7. The molecular formula is C16H22N2O3. The number of aliphatic hydroxyl groups is 1. The maximum absolute atomic E-state index is 10.7. The molecular weight excluding hydrogens is 268 g/mol. The highest BCUT2D eigenvalue weighted by Gasteiger charge is 2.22. The molecule has 1 aromatic carbocycles. The molecule has 114 valence electrons. The molecule has 0 saturated carbocycles. The highest BCUT2D eigenvalue weighted by atomic mass is 16.5. The Balaban J connectivity index is 2.42. The topological polar surface area (TPSA) is 56.5 Å². The van der Waals surface area contributed by atoms with Gasteiger partial charge in [0.1, 0.15) is 11.9 Å². The smallest absolute Gasteiger partial charge is 0.166 e. The van der Waals surface area contributed by atoms with Crippen molar-refractivity contribution in [3.8, 4) is 11.5 Å². The van der Waals surface area contributed by atoms with Gasteiger partial charge in [-0.1, -0.05) is 19.1 Å². The fourth-order valence-electron chi connectivity index (χ4n) is 2.46. The Labute approximate surface area is 125 Å². The summed E-state index contributed by atoms with van der Waals surface area (Å²) in [5, 5.41) is 10.7. The normalized spacial score (nSPS) is 12.2. The number of hydrogen-bond donors (Lipinski definition) is 1. The van der Waals surface area contributed by atoms with E-state index >= 15 is 0 Å². The van der Waals surface area contributed by atoms with Crippen LogP contribution in [0.1, 0.15) is 36.5 Å². The van der Waals surface area contributed by atoms with Crippen LogP contribution in [0.3, 0.4) is 0 Å². The molecule has 0 aliphatic heterocycles. The van der Waals surface area contributed by atoms with Crippen LogP contribution in [0.5, 0.6) is 11.5 Å². The number of aromatic nitrogens is 2. The van der Waals surface area contributed by atoms with Crippen LogP contribution in [0, 0.1) is 0 Å². The molecule has 0 spiro atoms. The number of imidazole rings is 1. The Kier molecular flexibility index (Phi) is 4.85. The quantitative estimate of drug-likeness (QED) is 0.888. The van der Waals surface area contributed by atoms with Gasteiger partial charge in [-0.15, -0.1) is 0 Å². The van der Waals surface area contributed by atoms with E-state index in [0.29, 0.717) is 17.1 Å². The summed E-state index contributed by atoms with van der Waals surface area (Å²) in [6.45, 7) is 2.11. The minimum absolute atomic E-state index is 0.547. The first-order chi connectivity index (χ1) is 10.1. The highest BCUT2D eigenvalue weighted by molar-refractivity contribution is 5.49. The van der Waals surface area contributed by atoms with Crippen molar-refractivity contribution in [2.24, 2.45) is 7.05 Å². The second kappa shape index (κ2) is 6.63. The van der Waals surface area contributed by atoms with Gasteiger partial charge < -0.3 is 19.1 Å². The van der Waals surface area contributed by atoms with Crippen LogP contribution >= 0.6 is 0 Å². The molecule has 1 aromatic heterocycles.